The summed E-state index contributed by atoms with van der Waals surface area (Å²) < 4.78 is 7.45. The van der Waals surface area contributed by atoms with Gasteiger partial charge >= 0.3 is 0 Å². The van der Waals surface area contributed by atoms with Crippen LogP contribution in [0.2, 0.25) is 0 Å². The molecular formula is C17H26N4OS. The van der Waals surface area contributed by atoms with Crippen molar-refractivity contribution in [1.29, 1.82) is 0 Å². The fourth-order valence-corrected chi connectivity index (χ4v) is 4.38. The van der Waals surface area contributed by atoms with Gasteiger partial charge in [-0.1, -0.05) is 0 Å². The Balaban J connectivity index is 1.63. The molecule has 3 rings (SSSR count). The maximum Gasteiger partial charge on any atom is 0.109 e. The molecular weight excluding hydrogens is 308 g/mol. The van der Waals surface area contributed by atoms with Crippen LogP contribution in [-0.4, -0.2) is 34.3 Å². The molecule has 2 atom stereocenters. The molecule has 0 bridgehead atoms. The van der Waals surface area contributed by atoms with Crippen LogP contribution in [0.25, 0.3) is 0 Å². The summed E-state index contributed by atoms with van der Waals surface area (Å²) in [5, 5.41) is 4.96. The molecule has 126 valence electrons. The molecule has 1 aliphatic heterocycles. The first-order valence-corrected chi connectivity index (χ1v) is 9.12. The Kier molecular flexibility index (Phi) is 5.14. The van der Waals surface area contributed by atoms with E-state index < -0.39 is 0 Å². The predicted octanol–water partition coefficient (Wildman–Crippen LogP) is 2.81. The Morgan fingerprint density at radius 1 is 1.43 bits per heavy atom. The van der Waals surface area contributed by atoms with Crippen molar-refractivity contribution in [2.45, 2.75) is 58.7 Å². The van der Waals surface area contributed by atoms with Gasteiger partial charge in [0.2, 0.25) is 0 Å². The van der Waals surface area contributed by atoms with Gasteiger partial charge in [-0.3, -0.25) is 0 Å². The predicted molar refractivity (Wildman–Crippen MR) is 93.1 cm³/mol. The Morgan fingerprint density at radius 2 is 2.26 bits per heavy atom. The third-order valence-corrected chi connectivity index (χ3v) is 5.79. The molecule has 5 nitrogen and oxygen atoms in total. The number of nitrogens with one attached hydrogen (secondary N) is 1. The van der Waals surface area contributed by atoms with Gasteiger partial charge in [-0.25, -0.2) is 9.97 Å². The molecule has 0 saturated heterocycles. The molecule has 6 heteroatoms. The number of nitrogens with zero attached hydrogens (tertiary/aromatic N) is 3. The van der Waals surface area contributed by atoms with Crippen molar-refractivity contribution in [2.24, 2.45) is 0 Å². The van der Waals surface area contributed by atoms with Crippen LogP contribution in [0, 0.1) is 13.8 Å². The Labute approximate surface area is 142 Å². The molecule has 0 amide bonds. The Morgan fingerprint density at radius 3 is 3.04 bits per heavy atom. The molecule has 0 saturated carbocycles. The molecule has 0 spiro atoms. The second kappa shape index (κ2) is 7.11. The summed E-state index contributed by atoms with van der Waals surface area (Å²) in [6.07, 6.45) is 5.26. The number of aromatic nitrogens is 3. The minimum Gasteiger partial charge on any atom is -0.384 e. The Bertz CT molecular complexity index is 664. The van der Waals surface area contributed by atoms with E-state index in [-0.39, 0.29) is 0 Å². The smallest absolute Gasteiger partial charge is 0.109 e. The zero-order valence-electron chi connectivity index (χ0n) is 14.4. The maximum absolute atomic E-state index is 5.15. The van der Waals surface area contributed by atoms with Crippen LogP contribution in [0.3, 0.4) is 0 Å². The molecule has 1 aliphatic rings. The first kappa shape index (κ1) is 16.6. The molecule has 1 N–H and O–H groups in total. The van der Waals surface area contributed by atoms with E-state index in [0.717, 1.165) is 43.8 Å². The standard InChI is InChI=1S/C17H26N4OS/c1-11-9-21-10-14(5-6-15(21)18-11)19-12(2)17-13(3)20-16(23-17)7-8-22-4/h9,12,14,19H,5-8,10H2,1-4H3. The molecule has 2 aromatic rings. The summed E-state index contributed by atoms with van der Waals surface area (Å²) in [4.78, 5) is 10.6. The quantitative estimate of drug-likeness (QED) is 0.882. The minimum atomic E-state index is 0.333. The topological polar surface area (TPSA) is 52.0 Å². The van der Waals surface area contributed by atoms with Crippen molar-refractivity contribution in [2.75, 3.05) is 13.7 Å². The van der Waals surface area contributed by atoms with E-state index in [4.69, 9.17) is 4.74 Å². The van der Waals surface area contributed by atoms with E-state index in [1.807, 2.05) is 11.3 Å². The number of methoxy groups -OCH3 is 1. The lowest BCUT2D eigenvalue weighted by molar-refractivity contribution is 0.202. The van der Waals surface area contributed by atoms with Crippen molar-refractivity contribution in [3.63, 3.8) is 0 Å². The number of hydrogen-bond donors (Lipinski definition) is 1. The number of rotatable bonds is 6. The summed E-state index contributed by atoms with van der Waals surface area (Å²) in [5.41, 5.74) is 2.27. The third kappa shape index (κ3) is 3.82. The van der Waals surface area contributed by atoms with Gasteiger partial charge in [-0.2, -0.15) is 0 Å². The lowest BCUT2D eigenvalue weighted by Crippen LogP contribution is -2.38. The summed E-state index contributed by atoms with van der Waals surface area (Å²) in [6.45, 7) is 8.17. The van der Waals surface area contributed by atoms with Gasteiger partial charge < -0.3 is 14.6 Å². The van der Waals surface area contributed by atoms with Crippen molar-refractivity contribution in [3.05, 3.63) is 33.3 Å². The van der Waals surface area contributed by atoms with Gasteiger partial charge in [0.1, 0.15) is 5.82 Å². The van der Waals surface area contributed by atoms with Crippen LogP contribution in [0.5, 0.6) is 0 Å². The number of aryl methyl sites for hydroxylation is 3. The molecule has 2 aromatic heterocycles. The second-order valence-electron chi connectivity index (χ2n) is 6.37. The van der Waals surface area contributed by atoms with Gasteiger partial charge in [-0.15, -0.1) is 11.3 Å². The summed E-state index contributed by atoms with van der Waals surface area (Å²) in [5.74, 6) is 1.23. The lowest BCUT2D eigenvalue weighted by atomic mass is 10.1. The number of fused-ring (bicyclic) bond motifs is 1. The Hall–Kier alpha value is -1.24. The van der Waals surface area contributed by atoms with Crippen LogP contribution in [0.15, 0.2) is 6.20 Å². The zero-order valence-corrected chi connectivity index (χ0v) is 15.2. The van der Waals surface area contributed by atoms with Gasteiger partial charge in [0.15, 0.2) is 0 Å². The molecule has 2 unspecified atom stereocenters. The SMILES string of the molecule is COCCc1nc(C)c(C(C)NC2CCc3nc(C)cn3C2)s1. The van der Waals surface area contributed by atoms with Crippen molar-refractivity contribution in [3.8, 4) is 0 Å². The fraction of sp³-hybridized carbons (Fsp3) is 0.647. The first-order chi connectivity index (χ1) is 11.1. The van der Waals surface area contributed by atoms with Crippen molar-refractivity contribution < 1.29 is 4.74 Å². The van der Waals surface area contributed by atoms with E-state index in [0.29, 0.717) is 12.1 Å². The van der Waals surface area contributed by atoms with Crippen molar-refractivity contribution in [1.82, 2.24) is 19.9 Å². The summed E-state index contributed by atoms with van der Waals surface area (Å²) >= 11 is 1.81. The van der Waals surface area contributed by atoms with E-state index >= 15 is 0 Å². The number of imidazole rings is 1. The zero-order chi connectivity index (χ0) is 16.4. The van der Waals surface area contributed by atoms with Gasteiger partial charge in [0.25, 0.3) is 0 Å². The monoisotopic (exact) mass is 334 g/mol. The van der Waals surface area contributed by atoms with Crippen LogP contribution >= 0.6 is 11.3 Å². The molecule has 0 fully saturated rings. The molecule has 23 heavy (non-hydrogen) atoms. The van der Waals surface area contributed by atoms with Crippen LogP contribution < -0.4 is 5.32 Å². The summed E-state index contributed by atoms with van der Waals surface area (Å²) in [6, 6.07) is 0.829. The fourth-order valence-electron chi connectivity index (χ4n) is 3.32. The van der Waals surface area contributed by atoms with Crippen molar-refractivity contribution >= 4 is 11.3 Å². The highest BCUT2D eigenvalue weighted by Gasteiger charge is 2.23. The molecule has 0 aliphatic carbocycles. The molecule has 0 aromatic carbocycles. The van der Waals surface area contributed by atoms with Crippen LogP contribution in [0.1, 0.15) is 46.5 Å². The second-order valence-corrected chi connectivity index (χ2v) is 7.49. The highest BCUT2D eigenvalue weighted by atomic mass is 32.1. The normalized spacial score (nSPS) is 18.9. The maximum atomic E-state index is 5.15. The lowest BCUT2D eigenvalue weighted by Gasteiger charge is -2.27. The largest absolute Gasteiger partial charge is 0.384 e. The number of ether oxygens (including phenoxy) is 1. The van der Waals surface area contributed by atoms with Crippen LogP contribution in [0.4, 0.5) is 0 Å². The van der Waals surface area contributed by atoms with E-state index in [2.05, 4.69) is 46.8 Å². The molecule has 3 heterocycles. The van der Waals surface area contributed by atoms with Gasteiger partial charge in [0.05, 0.1) is 23.0 Å². The van der Waals surface area contributed by atoms with E-state index in [1.165, 1.54) is 15.7 Å². The number of hydrogen-bond acceptors (Lipinski definition) is 5. The van der Waals surface area contributed by atoms with Crippen LogP contribution in [-0.2, 0) is 24.1 Å². The average molecular weight is 334 g/mol. The number of thiazole rings is 1. The first-order valence-electron chi connectivity index (χ1n) is 8.30. The highest BCUT2D eigenvalue weighted by Crippen LogP contribution is 2.27. The van der Waals surface area contributed by atoms with E-state index in [9.17, 15) is 0 Å². The minimum absolute atomic E-state index is 0.333. The highest BCUT2D eigenvalue weighted by molar-refractivity contribution is 7.11. The third-order valence-electron chi connectivity index (χ3n) is 4.39. The summed E-state index contributed by atoms with van der Waals surface area (Å²) in [7, 11) is 1.74. The van der Waals surface area contributed by atoms with Gasteiger partial charge in [0, 0.05) is 49.7 Å². The average Bonchev–Trinajstić information content (AvgIpc) is 3.06. The van der Waals surface area contributed by atoms with Gasteiger partial charge in [-0.05, 0) is 27.2 Å². The van der Waals surface area contributed by atoms with E-state index in [1.54, 1.807) is 7.11 Å². The molecule has 0 radical (unpaired) electrons.